The molecule has 1 aliphatic rings. The molecule has 3 rings (SSSR count). The largest absolute Gasteiger partial charge is 0.495 e. The number of benzene rings is 1. The Bertz CT molecular complexity index is 886. The predicted molar refractivity (Wildman–Crippen MR) is 139 cm³/mol. The van der Waals surface area contributed by atoms with E-state index in [2.05, 4.69) is 25.5 Å². The first-order valence-corrected chi connectivity index (χ1v) is 10.6. The van der Waals surface area contributed by atoms with Crippen molar-refractivity contribution in [2.24, 2.45) is 4.99 Å². The number of pyridine rings is 1. The number of ether oxygens (including phenoxy) is 3. The van der Waals surface area contributed by atoms with Gasteiger partial charge in [-0.1, -0.05) is 17.7 Å². The Kier molecular flexibility index (Phi) is 11.1. The maximum atomic E-state index is 6.20. The van der Waals surface area contributed by atoms with Crippen LogP contribution in [0, 0.1) is 0 Å². The van der Waals surface area contributed by atoms with Crippen LogP contribution < -0.4 is 25.0 Å². The fourth-order valence-electron chi connectivity index (χ4n) is 3.48. The lowest BCUT2D eigenvalue weighted by Gasteiger charge is -2.22. The third-order valence-electron chi connectivity index (χ3n) is 5.06. The summed E-state index contributed by atoms with van der Waals surface area (Å²) in [6.45, 7) is 3.26. The Morgan fingerprint density at radius 3 is 2.88 bits per heavy atom. The van der Waals surface area contributed by atoms with Crippen molar-refractivity contribution in [1.29, 1.82) is 0 Å². The molecule has 2 N–H and O–H groups in total. The number of nitrogens with one attached hydrogen (secondary N) is 2. The third-order valence-corrected chi connectivity index (χ3v) is 5.29. The van der Waals surface area contributed by atoms with Crippen LogP contribution in [0.3, 0.4) is 0 Å². The average molecular weight is 576 g/mol. The van der Waals surface area contributed by atoms with Gasteiger partial charge in [-0.05, 0) is 30.7 Å². The van der Waals surface area contributed by atoms with Crippen LogP contribution >= 0.6 is 35.6 Å². The number of halogens is 2. The minimum absolute atomic E-state index is 0. The summed E-state index contributed by atoms with van der Waals surface area (Å²) in [7, 11) is 5.09. The molecule has 2 aromatic rings. The van der Waals surface area contributed by atoms with Gasteiger partial charge in [0, 0.05) is 56.6 Å². The maximum absolute atomic E-state index is 6.20. The van der Waals surface area contributed by atoms with Crippen molar-refractivity contribution in [1.82, 2.24) is 15.6 Å². The summed E-state index contributed by atoms with van der Waals surface area (Å²) in [4.78, 5) is 11.0. The summed E-state index contributed by atoms with van der Waals surface area (Å²) in [5.74, 6) is 2.16. The highest BCUT2D eigenvalue weighted by Crippen LogP contribution is 2.33. The van der Waals surface area contributed by atoms with Crippen LogP contribution in [-0.4, -0.2) is 64.6 Å². The number of hydrogen-bond acceptors (Lipinski definition) is 6. The number of nitrogens with zero attached hydrogens (tertiary/aromatic N) is 3. The molecule has 1 saturated heterocycles. The van der Waals surface area contributed by atoms with Gasteiger partial charge in [0.05, 0.1) is 19.4 Å². The van der Waals surface area contributed by atoms with Gasteiger partial charge in [-0.25, -0.2) is 4.98 Å². The molecule has 1 fully saturated rings. The zero-order valence-corrected chi connectivity index (χ0v) is 21.7. The standard InChI is InChI=1S/C22H30ClN5O3.HI/c1-24-22(26-14-16-5-4-9-25-21(16)31-12-11-29-2)27-18-8-10-28(15-18)19-13-17(23)6-7-20(19)30-3;/h4-7,9,13,18H,8,10-12,14-15H2,1-3H3,(H2,24,26,27);1H. The van der Waals surface area contributed by atoms with Crippen molar-refractivity contribution in [2.45, 2.75) is 19.0 Å². The van der Waals surface area contributed by atoms with E-state index >= 15 is 0 Å². The molecule has 2 heterocycles. The molecule has 1 unspecified atom stereocenters. The van der Waals surface area contributed by atoms with Gasteiger partial charge in [0.25, 0.3) is 0 Å². The molecule has 0 radical (unpaired) electrons. The number of guanidine groups is 1. The van der Waals surface area contributed by atoms with Crippen LogP contribution in [0.2, 0.25) is 5.02 Å². The van der Waals surface area contributed by atoms with Crippen molar-refractivity contribution in [3.63, 3.8) is 0 Å². The first kappa shape index (κ1) is 26.3. The summed E-state index contributed by atoms with van der Waals surface area (Å²) >= 11 is 6.20. The van der Waals surface area contributed by atoms with E-state index in [0.29, 0.717) is 30.7 Å². The van der Waals surface area contributed by atoms with Gasteiger partial charge >= 0.3 is 0 Å². The summed E-state index contributed by atoms with van der Waals surface area (Å²) in [5.41, 5.74) is 1.97. The number of hydrogen-bond donors (Lipinski definition) is 2. The highest BCUT2D eigenvalue weighted by molar-refractivity contribution is 14.0. The summed E-state index contributed by atoms with van der Waals surface area (Å²) in [6.07, 6.45) is 2.70. The number of methoxy groups -OCH3 is 2. The first-order chi connectivity index (χ1) is 15.1. The van der Waals surface area contributed by atoms with Crippen molar-refractivity contribution in [3.8, 4) is 11.6 Å². The number of aromatic nitrogens is 1. The minimum Gasteiger partial charge on any atom is -0.495 e. The molecule has 1 aliphatic heterocycles. The normalized spacial score (nSPS) is 15.8. The molecule has 8 nitrogen and oxygen atoms in total. The van der Waals surface area contributed by atoms with Gasteiger partial charge in [-0.3, -0.25) is 4.99 Å². The Hall–Kier alpha value is -1.98. The second-order valence-corrected chi connectivity index (χ2v) is 7.56. The summed E-state index contributed by atoms with van der Waals surface area (Å²) in [6, 6.07) is 9.82. The molecular formula is C22H31ClIN5O3. The van der Waals surface area contributed by atoms with Crippen LogP contribution in [0.25, 0.3) is 0 Å². The van der Waals surface area contributed by atoms with Crippen molar-refractivity contribution in [3.05, 3.63) is 47.1 Å². The fourth-order valence-corrected chi connectivity index (χ4v) is 3.65. The zero-order chi connectivity index (χ0) is 22.1. The van der Waals surface area contributed by atoms with E-state index in [0.717, 1.165) is 42.5 Å². The van der Waals surface area contributed by atoms with Crippen LogP contribution in [0.15, 0.2) is 41.5 Å². The lowest BCUT2D eigenvalue weighted by atomic mass is 10.2. The second-order valence-electron chi connectivity index (χ2n) is 7.13. The van der Waals surface area contributed by atoms with Crippen molar-refractivity contribution in [2.75, 3.05) is 52.5 Å². The van der Waals surface area contributed by atoms with E-state index in [1.165, 1.54) is 0 Å². The number of rotatable bonds is 9. The molecule has 1 atom stereocenters. The number of anilines is 1. The molecule has 0 aliphatic carbocycles. The molecule has 1 aromatic carbocycles. The van der Waals surface area contributed by atoms with Crippen molar-refractivity contribution >= 4 is 47.2 Å². The molecule has 0 amide bonds. The van der Waals surface area contributed by atoms with Gasteiger partial charge in [0.15, 0.2) is 5.96 Å². The van der Waals surface area contributed by atoms with Crippen LogP contribution in [0.5, 0.6) is 11.6 Å². The summed E-state index contributed by atoms with van der Waals surface area (Å²) < 4.78 is 16.2. The van der Waals surface area contributed by atoms with Gasteiger partial charge in [0.2, 0.25) is 5.88 Å². The highest BCUT2D eigenvalue weighted by atomic mass is 127. The number of aliphatic imine (C=N–C) groups is 1. The molecular weight excluding hydrogens is 545 g/mol. The molecule has 0 bridgehead atoms. The molecule has 0 saturated carbocycles. The van der Waals surface area contributed by atoms with E-state index in [-0.39, 0.29) is 30.0 Å². The molecule has 1 aromatic heterocycles. The van der Waals surface area contributed by atoms with E-state index in [4.69, 9.17) is 25.8 Å². The summed E-state index contributed by atoms with van der Waals surface area (Å²) in [5, 5.41) is 7.55. The smallest absolute Gasteiger partial charge is 0.218 e. The average Bonchev–Trinajstić information content (AvgIpc) is 3.26. The van der Waals surface area contributed by atoms with Crippen LogP contribution in [0.4, 0.5) is 5.69 Å². The Balaban J connectivity index is 0.00000363. The highest BCUT2D eigenvalue weighted by Gasteiger charge is 2.25. The van der Waals surface area contributed by atoms with E-state index in [9.17, 15) is 0 Å². The van der Waals surface area contributed by atoms with Gasteiger partial charge in [-0.15, -0.1) is 24.0 Å². The van der Waals surface area contributed by atoms with Crippen LogP contribution in [0.1, 0.15) is 12.0 Å². The van der Waals surface area contributed by atoms with Gasteiger partial charge in [0.1, 0.15) is 12.4 Å². The quantitative estimate of drug-likeness (QED) is 0.206. The second kappa shape index (κ2) is 13.5. The molecule has 32 heavy (non-hydrogen) atoms. The lowest BCUT2D eigenvalue weighted by molar-refractivity contribution is 0.143. The van der Waals surface area contributed by atoms with E-state index in [1.54, 1.807) is 27.5 Å². The Morgan fingerprint density at radius 1 is 1.28 bits per heavy atom. The monoisotopic (exact) mass is 575 g/mol. The third kappa shape index (κ3) is 7.28. The SMILES string of the molecule is CN=C(NCc1cccnc1OCCOC)NC1CCN(c2cc(Cl)ccc2OC)C1.I. The maximum Gasteiger partial charge on any atom is 0.218 e. The van der Waals surface area contributed by atoms with Crippen LogP contribution in [-0.2, 0) is 11.3 Å². The molecule has 10 heteroatoms. The van der Waals surface area contributed by atoms with Gasteiger partial charge < -0.3 is 29.7 Å². The Morgan fingerprint density at radius 2 is 2.12 bits per heavy atom. The molecule has 0 spiro atoms. The zero-order valence-electron chi connectivity index (χ0n) is 18.6. The van der Waals surface area contributed by atoms with Gasteiger partial charge in [-0.2, -0.15) is 0 Å². The minimum atomic E-state index is 0. The topological polar surface area (TPSA) is 80.2 Å². The lowest BCUT2D eigenvalue weighted by Crippen LogP contribution is -2.44. The Labute approximate surface area is 211 Å². The van der Waals surface area contributed by atoms with Crippen molar-refractivity contribution < 1.29 is 14.2 Å². The fraction of sp³-hybridized carbons (Fsp3) is 0.455. The van der Waals surface area contributed by atoms with E-state index < -0.39 is 0 Å². The molecule has 176 valence electrons. The predicted octanol–water partition coefficient (Wildman–Crippen LogP) is 3.33. The van der Waals surface area contributed by atoms with E-state index in [1.807, 2.05) is 30.3 Å². The first-order valence-electron chi connectivity index (χ1n) is 10.3.